The second kappa shape index (κ2) is 6.82. The van der Waals surface area contributed by atoms with Crippen LogP contribution in [-0.2, 0) is 4.74 Å². The maximum absolute atomic E-state index is 13.1. The fourth-order valence-corrected chi connectivity index (χ4v) is 2.72. The van der Waals surface area contributed by atoms with Gasteiger partial charge in [0, 0.05) is 19.3 Å². The van der Waals surface area contributed by atoms with E-state index in [-0.39, 0.29) is 23.9 Å². The van der Waals surface area contributed by atoms with Gasteiger partial charge < -0.3 is 19.9 Å². The Labute approximate surface area is 151 Å². The number of H-pyrrole nitrogens is 1. The Balaban J connectivity index is 1.59. The van der Waals surface area contributed by atoms with Crippen molar-refractivity contribution in [2.24, 2.45) is 0 Å². The second-order valence-corrected chi connectivity index (χ2v) is 7.33. The number of carbonyl (C=O) groups excluding carboxylic acids is 2. The highest BCUT2D eigenvalue weighted by Crippen LogP contribution is 2.23. The third-order valence-corrected chi connectivity index (χ3v) is 3.99. The Hall–Kier alpha value is -2.83. The van der Waals surface area contributed by atoms with Crippen molar-refractivity contribution in [3.8, 4) is 11.3 Å². The number of nitrogens with zero attached hydrogens (tertiary/aromatic N) is 1. The first-order valence-electron chi connectivity index (χ1n) is 8.45. The molecule has 2 aromatic rings. The highest BCUT2D eigenvalue weighted by atomic mass is 19.1. The summed E-state index contributed by atoms with van der Waals surface area (Å²) in [5.74, 6) is -0.567. The van der Waals surface area contributed by atoms with Crippen LogP contribution in [0.5, 0.6) is 0 Å². The van der Waals surface area contributed by atoms with Crippen LogP contribution in [0.25, 0.3) is 11.3 Å². The van der Waals surface area contributed by atoms with E-state index in [1.54, 1.807) is 29.3 Å². The van der Waals surface area contributed by atoms with E-state index in [9.17, 15) is 14.0 Å². The number of amides is 2. The van der Waals surface area contributed by atoms with Gasteiger partial charge >= 0.3 is 6.09 Å². The molecule has 0 saturated carbocycles. The van der Waals surface area contributed by atoms with Crippen LogP contribution in [0.3, 0.4) is 0 Å². The number of aromatic amines is 1. The molecule has 3 rings (SSSR count). The second-order valence-electron chi connectivity index (χ2n) is 7.33. The van der Waals surface area contributed by atoms with Gasteiger partial charge in [-0.2, -0.15) is 0 Å². The molecule has 2 amide bonds. The van der Waals surface area contributed by atoms with Crippen molar-refractivity contribution in [2.75, 3.05) is 13.1 Å². The highest BCUT2D eigenvalue weighted by molar-refractivity contribution is 6.00. The Morgan fingerprint density at radius 2 is 1.85 bits per heavy atom. The van der Waals surface area contributed by atoms with Gasteiger partial charge in [-0.3, -0.25) is 4.79 Å². The lowest BCUT2D eigenvalue weighted by Crippen LogP contribution is -2.61. The molecule has 0 atom stereocenters. The topological polar surface area (TPSA) is 74.4 Å². The first-order valence-corrected chi connectivity index (χ1v) is 8.45. The molecule has 2 N–H and O–H groups in total. The first kappa shape index (κ1) is 18.0. The van der Waals surface area contributed by atoms with Crippen LogP contribution >= 0.6 is 0 Å². The Morgan fingerprint density at radius 3 is 2.46 bits per heavy atom. The zero-order valence-electron chi connectivity index (χ0n) is 15.0. The van der Waals surface area contributed by atoms with Crippen molar-refractivity contribution in [3.05, 3.63) is 47.9 Å². The summed E-state index contributed by atoms with van der Waals surface area (Å²) in [6, 6.07) is 7.49. The average Bonchev–Trinajstić information content (AvgIpc) is 2.98. The highest BCUT2D eigenvalue weighted by Gasteiger charge is 2.35. The number of rotatable bonds is 3. The summed E-state index contributed by atoms with van der Waals surface area (Å²) in [7, 11) is 0. The molecule has 0 aliphatic carbocycles. The van der Waals surface area contributed by atoms with Gasteiger partial charge in [-0.25, -0.2) is 9.18 Å². The molecule has 26 heavy (non-hydrogen) atoms. The van der Waals surface area contributed by atoms with Gasteiger partial charge in [-0.1, -0.05) is 0 Å². The molecule has 0 bridgehead atoms. The maximum Gasteiger partial charge on any atom is 0.410 e. The number of benzene rings is 1. The largest absolute Gasteiger partial charge is 0.444 e. The molecule has 1 aromatic carbocycles. The van der Waals surface area contributed by atoms with E-state index in [1.165, 1.54) is 12.1 Å². The molecule has 0 unspecified atom stereocenters. The predicted molar refractivity (Wildman–Crippen MR) is 95.2 cm³/mol. The van der Waals surface area contributed by atoms with Crippen LogP contribution in [0.2, 0.25) is 0 Å². The lowest BCUT2D eigenvalue weighted by Gasteiger charge is -2.39. The SMILES string of the molecule is CC(C)(C)OC(=O)N1CC(NC(=O)c2cc[nH]c2-c2ccc(F)cc2)C1. The van der Waals surface area contributed by atoms with E-state index in [0.717, 1.165) is 5.56 Å². The van der Waals surface area contributed by atoms with Crippen molar-refractivity contribution in [1.29, 1.82) is 0 Å². The minimum absolute atomic E-state index is 0.119. The lowest BCUT2D eigenvalue weighted by atomic mass is 10.1. The summed E-state index contributed by atoms with van der Waals surface area (Å²) in [6.45, 7) is 6.26. The fraction of sp³-hybridized carbons (Fsp3) is 0.368. The molecule has 1 aliphatic rings. The van der Waals surface area contributed by atoms with Crippen LogP contribution in [0.4, 0.5) is 9.18 Å². The summed E-state index contributed by atoms with van der Waals surface area (Å²) in [6.07, 6.45) is 1.29. The number of likely N-dealkylation sites (tertiary alicyclic amines) is 1. The molecule has 1 saturated heterocycles. The molecule has 1 aliphatic heterocycles. The third kappa shape index (κ3) is 4.04. The van der Waals surface area contributed by atoms with E-state index in [0.29, 0.717) is 24.3 Å². The average molecular weight is 359 g/mol. The van der Waals surface area contributed by atoms with Crippen LogP contribution in [0.15, 0.2) is 36.5 Å². The molecule has 1 aromatic heterocycles. The Kier molecular flexibility index (Phi) is 4.71. The van der Waals surface area contributed by atoms with E-state index >= 15 is 0 Å². The van der Waals surface area contributed by atoms with E-state index in [2.05, 4.69) is 10.3 Å². The zero-order chi connectivity index (χ0) is 18.9. The molecular weight excluding hydrogens is 337 g/mol. The monoisotopic (exact) mass is 359 g/mol. The fourth-order valence-electron chi connectivity index (χ4n) is 2.72. The quantitative estimate of drug-likeness (QED) is 0.884. The summed E-state index contributed by atoms with van der Waals surface area (Å²) in [5.41, 5.74) is 1.30. The zero-order valence-corrected chi connectivity index (χ0v) is 15.0. The Bertz CT molecular complexity index is 802. The molecule has 7 heteroatoms. The molecular formula is C19H22FN3O3. The van der Waals surface area contributed by atoms with Crippen LogP contribution < -0.4 is 5.32 Å². The molecule has 138 valence electrons. The number of aromatic nitrogens is 1. The van der Waals surface area contributed by atoms with Gasteiger partial charge in [-0.05, 0) is 56.7 Å². The normalized spacial score (nSPS) is 14.7. The van der Waals surface area contributed by atoms with E-state index in [1.807, 2.05) is 20.8 Å². The van der Waals surface area contributed by atoms with Crippen LogP contribution in [-0.4, -0.2) is 46.6 Å². The molecule has 0 radical (unpaired) electrons. The van der Waals surface area contributed by atoms with Gasteiger partial charge in [0.2, 0.25) is 0 Å². The van der Waals surface area contributed by atoms with E-state index in [4.69, 9.17) is 4.74 Å². The van der Waals surface area contributed by atoms with Crippen LogP contribution in [0.1, 0.15) is 31.1 Å². The minimum atomic E-state index is -0.541. The number of hydrogen-bond acceptors (Lipinski definition) is 3. The summed E-state index contributed by atoms with van der Waals surface area (Å²) in [5, 5.41) is 2.91. The van der Waals surface area contributed by atoms with Gasteiger partial charge in [-0.15, -0.1) is 0 Å². The standard InChI is InChI=1S/C19H22FN3O3/c1-19(2,3)26-18(25)23-10-14(11-23)22-17(24)15-8-9-21-16(15)12-4-6-13(20)7-5-12/h4-9,14,21H,10-11H2,1-3H3,(H,22,24). The number of hydrogen-bond donors (Lipinski definition) is 2. The van der Waals surface area contributed by atoms with Crippen molar-refractivity contribution >= 4 is 12.0 Å². The molecule has 6 nitrogen and oxygen atoms in total. The predicted octanol–water partition coefficient (Wildman–Crippen LogP) is 3.17. The number of carbonyl (C=O) groups is 2. The van der Waals surface area contributed by atoms with Gasteiger partial charge in [0.15, 0.2) is 0 Å². The lowest BCUT2D eigenvalue weighted by molar-refractivity contribution is 0.00533. The van der Waals surface area contributed by atoms with Gasteiger partial charge in [0.1, 0.15) is 11.4 Å². The van der Waals surface area contributed by atoms with Crippen LogP contribution in [0, 0.1) is 5.82 Å². The maximum atomic E-state index is 13.1. The van der Waals surface area contributed by atoms with Crippen molar-refractivity contribution in [1.82, 2.24) is 15.2 Å². The molecule has 2 heterocycles. The Morgan fingerprint density at radius 1 is 1.19 bits per heavy atom. The smallest absolute Gasteiger partial charge is 0.410 e. The number of ether oxygens (including phenoxy) is 1. The van der Waals surface area contributed by atoms with Crippen molar-refractivity contribution in [3.63, 3.8) is 0 Å². The molecule has 1 fully saturated rings. The summed E-state index contributed by atoms with van der Waals surface area (Å²) in [4.78, 5) is 29.0. The molecule has 0 spiro atoms. The van der Waals surface area contributed by atoms with Gasteiger partial charge in [0.25, 0.3) is 5.91 Å². The van der Waals surface area contributed by atoms with E-state index < -0.39 is 5.60 Å². The van der Waals surface area contributed by atoms with Gasteiger partial charge in [0.05, 0.1) is 17.3 Å². The number of nitrogens with one attached hydrogen (secondary N) is 2. The summed E-state index contributed by atoms with van der Waals surface area (Å²) < 4.78 is 18.4. The first-order chi connectivity index (χ1) is 12.2. The van der Waals surface area contributed by atoms with Crippen molar-refractivity contribution < 1.29 is 18.7 Å². The third-order valence-electron chi connectivity index (χ3n) is 3.99. The van der Waals surface area contributed by atoms with Crippen molar-refractivity contribution in [2.45, 2.75) is 32.4 Å². The minimum Gasteiger partial charge on any atom is -0.444 e. The number of halogens is 1. The summed E-state index contributed by atoms with van der Waals surface area (Å²) >= 11 is 0.